The van der Waals surface area contributed by atoms with Gasteiger partial charge in [-0.3, -0.25) is 0 Å². The smallest absolute Gasteiger partial charge is 0.183 e. The average molecular weight is 420 g/mol. The second kappa shape index (κ2) is 9.61. The molecule has 0 aliphatic carbocycles. The summed E-state index contributed by atoms with van der Waals surface area (Å²) in [6.07, 6.45) is 2.59. The van der Waals surface area contributed by atoms with Gasteiger partial charge in [0.2, 0.25) is 0 Å². The standard InChI is InChI=1S/C23H25FN6O/c1-3-31-13-7-12-25-20-14-16(2)27-22(28-20)21-18-9-6-11-26-23(18)30(29-21)15-17-8-4-5-10-19(17)24/h4-6,8-11,14H,3,7,12-13,15H2,1-2H3,(H,25,27,28). The van der Waals surface area contributed by atoms with Crippen LogP contribution in [-0.2, 0) is 11.3 Å². The Hall–Kier alpha value is -3.39. The van der Waals surface area contributed by atoms with Crippen LogP contribution in [0.15, 0.2) is 48.7 Å². The van der Waals surface area contributed by atoms with Crippen LogP contribution in [0.3, 0.4) is 0 Å². The maximum Gasteiger partial charge on any atom is 0.183 e. The third-order valence-corrected chi connectivity index (χ3v) is 4.83. The van der Waals surface area contributed by atoms with Crippen molar-refractivity contribution in [3.63, 3.8) is 0 Å². The lowest BCUT2D eigenvalue weighted by molar-refractivity contribution is 0.147. The molecule has 0 fully saturated rings. The zero-order valence-electron chi connectivity index (χ0n) is 17.7. The molecule has 4 aromatic rings. The second-order valence-corrected chi connectivity index (χ2v) is 7.17. The van der Waals surface area contributed by atoms with Gasteiger partial charge in [-0.05, 0) is 38.5 Å². The molecule has 4 rings (SSSR count). The number of aromatic nitrogens is 5. The van der Waals surface area contributed by atoms with Crippen LogP contribution in [0.4, 0.5) is 10.2 Å². The van der Waals surface area contributed by atoms with Crippen LogP contribution in [0.25, 0.3) is 22.6 Å². The van der Waals surface area contributed by atoms with Gasteiger partial charge in [0, 0.05) is 43.3 Å². The predicted molar refractivity (Wildman–Crippen MR) is 118 cm³/mol. The Balaban J connectivity index is 1.66. The zero-order valence-corrected chi connectivity index (χ0v) is 17.7. The molecule has 7 nitrogen and oxygen atoms in total. The highest BCUT2D eigenvalue weighted by atomic mass is 19.1. The van der Waals surface area contributed by atoms with Gasteiger partial charge >= 0.3 is 0 Å². The molecule has 0 aliphatic rings. The summed E-state index contributed by atoms with van der Waals surface area (Å²) in [5, 5.41) is 8.87. The molecule has 31 heavy (non-hydrogen) atoms. The first kappa shape index (κ1) is 20.9. The van der Waals surface area contributed by atoms with E-state index in [-0.39, 0.29) is 12.4 Å². The van der Waals surface area contributed by atoms with Crippen molar-refractivity contribution in [2.75, 3.05) is 25.1 Å². The van der Waals surface area contributed by atoms with Crippen molar-refractivity contribution in [1.82, 2.24) is 24.7 Å². The van der Waals surface area contributed by atoms with Gasteiger partial charge in [-0.25, -0.2) is 24.0 Å². The number of anilines is 1. The molecule has 1 aromatic carbocycles. The summed E-state index contributed by atoms with van der Waals surface area (Å²) in [6.45, 7) is 6.35. The average Bonchev–Trinajstić information content (AvgIpc) is 3.13. The first-order valence-corrected chi connectivity index (χ1v) is 10.4. The number of nitrogens with one attached hydrogen (secondary N) is 1. The van der Waals surface area contributed by atoms with Crippen LogP contribution in [-0.4, -0.2) is 44.5 Å². The molecule has 0 radical (unpaired) electrons. The van der Waals surface area contributed by atoms with E-state index in [9.17, 15) is 4.39 Å². The highest BCUT2D eigenvalue weighted by Gasteiger charge is 2.17. The van der Waals surface area contributed by atoms with E-state index in [1.807, 2.05) is 38.1 Å². The largest absolute Gasteiger partial charge is 0.382 e. The van der Waals surface area contributed by atoms with Crippen LogP contribution in [0, 0.1) is 12.7 Å². The van der Waals surface area contributed by atoms with E-state index < -0.39 is 0 Å². The number of halogens is 1. The van der Waals surface area contributed by atoms with E-state index in [4.69, 9.17) is 9.84 Å². The molecule has 8 heteroatoms. The van der Waals surface area contributed by atoms with E-state index in [2.05, 4.69) is 20.3 Å². The molecule has 0 bridgehead atoms. The zero-order chi connectivity index (χ0) is 21.6. The Bertz CT molecular complexity index is 1180. The number of nitrogens with zero attached hydrogens (tertiary/aromatic N) is 5. The molecule has 0 amide bonds. The van der Waals surface area contributed by atoms with E-state index in [1.165, 1.54) is 6.07 Å². The molecule has 1 N–H and O–H groups in total. The fraction of sp³-hybridized carbons (Fsp3) is 0.304. The molecule has 0 atom stereocenters. The van der Waals surface area contributed by atoms with Crippen molar-refractivity contribution in [3.05, 3.63) is 65.7 Å². The minimum Gasteiger partial charge on any atom is -0.382 e. The van der Waals surface area contributed by atoms with Gasteiger partial charge in [0.1, 0.15) is 17.3 Å². The maximum atomic E-state index is 14.2. The highest BCUT2D eigenvalue weighted by molar-refractivity contribution is 5.89. The number of benzene rings is 1. The van der Waals surface area contributed by atoms with Gasteiger partial charge in [0.25, 0.3) is 0 Å². The van der Waals surface area contributed by atoms with Crippen molar-refractivity contribution in [3.8, 4) is 11.5 Å². The van der Waals surface area contributed by atoms with Crippen LogP contribution in [0.5, 0.6) is 0 Å². The Kier molecular flexibility index (Phi) is 6.47. The summed E-state index contributed by atoms with van der Waals surface area (Å²) in [5.41, 5.74) is 2.67. The molecular weight excluding hydrogens is 395 g/mol. The van der Waals surface area contributed by atoms with Crippen LogP contribution >= 0.6 is 0 Å². The lowest BCUT2D eigenvalue weighted by atomic mass is 10.2. The van der Waals surface area contributed by atoms with E-state index in [1.54, 1.807) is 23.0 Å². The quantitative estimate of drug-likeness (QED) is 0.409. The van der Waals surface area contributed by atoms with Crippen molar-refractivity contribution in [2.45, 2.75) is 26.8 Å². The lowest BCUT2D eigenvalue weighted by Gasteiger charge is -2.08. The van der Waals surface area contributed by atoms with Gasteiger partial charge in [0.05, 0.1) is 11.9 Å². The number of rotatable bonds is 9. The number of hydrogen-bond acceptors (Lipinski definition) is 6. The normalized spacial score (nSPS) is 11.2. The molecule has 3 heterocycles. The van der Waals surface area contributed by atoms with Crippen LogP contribution in [0.2, 0.25) is 0 Å². The molecular formula is C23H25FN6O. The fourth-order valence-electron chi connectivity index (χ4n) is 3.37. The Morgan fingerprint density at radius 2 is 2.00 bits per heavy atom. The molecule has 0 saturated carbocycles. The molecule has 0 aliphatic heterocycles. The lowest BCUT2D eigenvalue weighted by Crippen LogP contribution is -2.08. The van der Waals surface area contributed by atoms with Gasteiger partial charge in [-0.15, -0.1) is 0 Å². The van der Waals surface area contributed by atoms with Crippen LogP contribution < -0.4 is 5.32 Å². The summed E-state index contributed by atoms with van der Waals surface area (Å²) < 4.78 is 21.3. The van der Waals surface area contributed by atoms with Crippen molar-refractivity contribution in [1.29, 1.82) is 0 Å². The third kappa shape index (κ3) is 4.86. The maximum absolute atomic E-state index is 14.2. The number of pyridine rings is 1. The van der Waals surface area contributed by atoms with E-state index >= 15 is 0 Å². The first-order valence-electron chi connectivity index (χ1n) is 10.4. The Labute approximate surface area is 180 Å². The van der Waals surface area contributed by atoms with E-state index in [0.29, 0.717) is 35.9 Å². The first-order chi connectivity index (χ1) is 15.2. The predicted octanol–water partition coefficient (Wildman–Crippen LogP) is 4.22. The summed E-state index contributed by atoms with van der Waals surface area (Å²) in [4.78, 5) is 13.7. The van der Waals surface area contributed by atoms with Crippen molar-refractivity contribution in [2.24, 2.45) is 0 Å². The van der Waals surface area contributed by atoms with Crippen LogP contribution in [0.1, 0.15) is 24.6 Å². The summed E-state index contributed by atoms with van der Waals surface area (Å²) in [5.74, 6) is 0.978. The van der Waals surface area contributed by atoms with Gasteiger partial charge in [0.15, 0.2) is 11.5 Å². The monoisotopic (exact) mass is 420 g/mol. The Morgan fingerprint density at radius 1 is 1.13 bits per heavy atom. The summed E-state index contributed by atoms with van der Waals surface area (Å²) in [7, 11) is 0. The molecule has 3 aromatic heterocycles. The SMILES string of the molecule is CCOCCCNc1cc(C)nc(-c2nn(Cc3ccccc3F)c3ncccc23)n1. The van der Waals surface area contributed by atoms with Crippen molar-refractivity contribution >= 4 is 16.9 Å². The molecule has 0 unspecified atom stereocenters. The summed E-state index contributed by atoms with van der Waals surface area (Å²) >= 11 is 0. The Morgan fingerprint density at radius 3 is 2.84 bits per heavy atom. The van der Waals surface area contributed by atoms with Gasteiger partial charge < -0.3 is 10.1 Å². The van der Waals surface area contributed by atoms with Crippen molar-refractivity contribution < 1.29 is 9.13 Å². The third-order valence-electron chi connectivity index (χ3n) is 4.83. The molecule has 0 saturated heterocycles. The number of hydrogen-bond donors (Lipinski definition) is 1. The number of aryl methyl sites for hydroxylation is 1. The summed E-state index contributed by atoms with van der Waals surface area (Å²) in [6, 6.07) is 12.4. The number of ether oxygens (including phenoxy) is 1. The fourth-order valence-corrected chi connectivity index (χ4v) is 3.37. The van der Waals surface area contributed by atoms with Gasteiger partial charge in [-0.1, -0.05) is 18.2 Å². The topological polar surface area (TPSA) is 77.8 Å². The minimum absolute atomic E-state index is 0.269. The molecule has 160 valence electrons. The second-order valence-electron chi connectivity index (χ2n) is 7.17. The van der Waals surface area contributed by atoms with E-state index in [0.717, 1.165) is 29.9 Å². The highest BCUT2D eigenvalue weighted by Crippen LogP contribution is 2.26. The number of fused-ring (bicyclic) bond motifs is 1. The van der Waals surface area contributed by atoms with Gasteiger partial charge in [-0.2, -0.15) is 5.10 Å². The molecule has 0 spiro atoms. The minimum atomic E-state index is -0.269.